The van der Waals surface area contributed by atoms with Crippen LogP contribution in [0.4, 0.5) is 4.39 Å². The Bertz CT molecular complexity index is 1200. The lowest BCUT2D eigenvalue weighted by atomic mass is 9.92. The number of hydrogen-bond donors (Lipinski definition) is 0. The van der Waals surface area contributed by atoms with E-state index in [1.54, 1.807) is 34.5 Å². The summed E-state index contributed by atoms with van der Waals surface area (Å²) < 4.78 is 16.9. The van der Waals surface area contributed by atoms with Crippen LogP contribution in [0.15, 0.2) is 45.3 Å². The molecular weight excluding hydrogens is 405 g/mol. The second-order valence-electron chi connectivity index (χ2n) is 8.23. The lowest BCUT2D eigenvalue weighted by molar-refractivity contribution is -0.134. The summed E-state index contributed by atoms with van der Waals surface area (Å²) in [6.45, 7) is 5.26. The Hall–Kier alpha value is -2.74. The monoisotopic (exact) mass is 429 g/mol. The van der Waals surface area contributed by atoms with Gasteiger partial charge in [-0.1, -0.05) is 32.0 Å². The highest BCUT2D eigenvalue weighted by molar-refractivity contribution is 7.17. The number of amides is 1. The maximum absolute atomic E-state index is 14.1. The molecule has 0 saturated carbocycles. The van der Waals surface area contributed by atoms with E-state index in [1.807, 2.05) is 0 Å². The highest BCUT2D eigenvalue weighted by atomic mass is 32.1. The van der Waals surface area contributed by atoms with Crippen LogP contribution >= 0.6 is 11.3 Å². The van der Waals surface area contributed by atoms with Gasteiger partial charge in [0.05, 0.1) is 12.1 Å². The van der Waals surface area contributed by atoms with Crippen LogP contribution < -0.4 is 11.2 Å². The minimum Gasteiger partial charge on any atom is -0.341 e. The number of fused-ring (bicyclic) bond motifs is 1. The first-order valence-corrected chi connectivity index (χ1v) is 10.9. The van der Waals surface area contributed by atoms with Crippen LogP contribution in [0.25, 0.3) is 10.2 Å². The molecule has 3 heterocycles. The highest BCUT2D eigenvalue weighted by Gasteiger charge is 2.26. The first kappa shape index (κ1) is 20.5. The molecule has 0 radical (unpaired) electrons. The van der Waals surface area contributed by atoms with Crippen molar-refractivity contribution >= 4 is 27.5 Å². The van der Waals surface area contributed by atoms with Crippen LogP contribution in [0.5, 0.6) is 0 Å². The smallest absolute Gasteiger partial charge is 0.332 e. The quantitative estimate of drug-likeness (QED) is 0.641. The molecule has 30 heavy (non-hydrogen) atoms. The molecule has 158 valence electrons. The average Bonchev–Trinajstić information content (AvgIpc) is 3.19. The van der Waals surface area contributed by atoms with E-state index >= 15 is 0 Å². The molecule has 0 N–H and O–H groups in total. The molecule has 1 aromatic carbocycles. The molecule has 2 aromatic heterocycles. The molecule has 1 saturated heterocycles. The van der Waals surface area contributed by atoms with E-state index in [0.29, 0.717) is 35.1 Å². The van der Waals surface area contributed by atoms with E-state index in [1.165, 1.54) is 22.0 Å². The molecule has 2 atom stereocenters. The zero-order chi connectivity index (χ0) is 21.4. The molecule has 0 aliphatic carbocycles. The second kappa shape index (κ2) is 8.18. The zero-order valence-electron chi connectivity index (χ0n) is 17.0. The zero-order valence-corrected chi connectivity index (χ0v) is 17.8. The largest absolute Gasteiger partial charge is 0.341 e. The summed E-state index contributed by atoms with van der Waals surface area (Å²) in [7, 11) is 0. The third-order valence-electron chi connectivity index (χ3n) is 5.64. The number of likely N-dealkylation sites (tertiary alicyclic amines) is 1. The Balaban J connectivity index is 1.74. The van der Waals surface area contributed by atoms with Crippen LogP contribution in [0.3, 0.4) is 0 Å². The van der Waals surface area contributed by atoms with Gasteiger partial charge < -0.3 is 4.90 Å². The van der Waals surface area contributed by atoms with Crippen molar-refractivity contribution in [2.45, 2.75) is 33.4 Å². The number of carbonyl (C=O) groups is 1. The molecule has 0 bridgehead atoms. The van der Waals surface area contributed by atoms with Gasteiger partial charge >= 0.3 is 5.69 Å². The fourth-order valence-corrected chi connectivity index (χ4v) is 5.17. The molecule has 2 unspecified atom stereocenters. The molecule has 3 aromatic rings. The van der Waals surface area contributed by atoms with Gasteiger partial charge in [-0.15, -0.1) is 11.3 Å². The minimum atomic E-state index is -0.597. The summed E-state index contributed by atoms with van der Waals surface area (Å²) in [6.07, 6.45) is 1.08. The summed E-state index contributed by atoms with van der Waals surface area (Å²) in [4.78, 5) is 40.9. The molecule has 8 heteroatoms. The van der Waals surface area contributed by atoms with E-state index in [4.69, 9.17) is 0 Å². The highest BCUT2D eigenvalue weighted by Crippen LogP contribution is 2.22. The third-order valence-corrected chi connectivity index (χ3v) is 6.53. The molecule has 4 rings (SSSR count). The van der Waals surface area contributed by atoms with Gasteiger partial charge in [-0.25, -0.2) is 9.18 Å². The van der Waals surface area contributed by atoms with Crippen molar-refractivity contribution in [3.05, 3.63) is 67.9 Å². The van der Waals surface area contributed by atoms with E-state index in [2.05, 4.69) is 13.8 Å². The van der Waals surface area contributed by atoms with Gasteiger partial charge in [-0.05, 0) is 35.8 Å². The molecule has 1 aliphatic heterocycles. The van der Waals surface area contributed by atoms with Crippen LogP contribution in [-0.2, 0) is 17.9 Å². The summed E-state index contributed by atoms with van der Waals surface area (Å²) in [5.41, 5.74) is -0.354. The van der Waals surface area contributed by atoms with Crippen LogP contribution in [0.1, 0.15) is 25.8 Å². The van der Waals surface area contributed by atoms with Gasteiger partial charge in [0.25, 0.3) is 5.56 Å². The number of hydrogen-bond acceptors (Lipinski definition) is 4. The summed E-state index contributed by atoms with van der Waals surface area (Å²) in [6, 6.07) is 7.75. The van der Waals surface area contributed by atoms with Crippen molar-refractivity contribution in [2.75, 3.05) is 13.1 Å². The number of piperidine rings is 1. The Morgan fingerprint density at radius 1 is 1.10 bits per heavy atom. The molecule has 6 nitrogen and oxygen atoms in total. The number of rotatable bonds is 4. The van der Waals surface area contributed by atoms with E-state index in [9.17, 15) is 18.8 Å². The van der Waals surface area contributed by atoms with Crippen molar-refractivity contribution in [1.29, 1.82) is 0 Å². The van der Waals surface area contributed by atoms with Crippen molar-refractivity contribution < 1.29 is 9.18 Å². The predicted molar refractivity (Wildman–Crippen MR) is 115 cm³/mol. The lowest BCUT2D eigenvalue weighted by Crippen LogP contribution is -2.47. The number of thiophene rings is 1. The fraction of sp³-hybridized carbons (Fsp3) is 0.409. The maximum atomic E-state index is 14.1. The van der Waals surface area contributed by atoms with E-state index in [0.717, 1.165) is 11.0 Å². The normalized spacial score (nSPS) is 19.4. The van der Waals surface area contributed by atoms with Crippen LogP contribution in [0, 0.1) is 17.7 Å². The molecule has 0 spiro atoms. The standard InChI is InChI=1S/C22H24FN3O3S/c1-14-9-15(2)11-24(10-14)19(27)13-25-18-7-8-30-20(18)21(28)26(22(25)29)12-16-5-3-4-6-17(16)23/h3-8,14-15H,9-13H2,1-2H3. The number of aromatic nitrogens is 2. The average molecular weight is 430 g/mol. The van der Waals surface area contributed by atoms with Gasteiger partial charge in [0, 0.05) is 18.7 Å². The molecule has 1 amide bonds. The molecule has 1 aliphatic rings. The summed E-state index contributed by atoms with van der Waals surface area (Å²) in [5.74, 6) is 0.198. The number of carbonyl (C=O) groups excluding carboxylic acids is 1. The second-order valence-corrected chi connectivity index (χ2v) is 9.15. The topological polar surface area (TPSA) is 64.3 Å². The van der Waals surface area contributed by atoms with Crippen molar-refractivity contribution in [3.63, 3.8) is 0 Å². The lowest BCUT2D eigenvalue weighted by Gasteiger charge is -2.35. The summed E-state index contributed by atoms with van der Waals surface area (Å²) >= 11 is 1.22. The van der Waals surface area contributed by atoms with Gasteiger partial charge in [-0.3, -0.25) is 18.7 Å². The van der Waals surface area contributed by atoms with Crippen LogP contribution in [0.2, 0.25) is 0 Å². The van der Waals surface area contributed by atoms with Gasteiger partial charge in [0.2, 0.25) is 5.91 Å². The SMILES string of the molecule is CC1CC(C)CN(C(=O)Cn2c(=O)n(Cc3ccccc3F)c(=O)c3sccc32)C1. The van der Waals surface area contributed by atoms with Crippen molar-refractivity contribution in [2.24, 2.45) is 11.8 Å². The summed E-state index contributed by atoms with van der Waals surface area (Å²) in [5, 5.41) is 1.73. The Morgan fingerprint density at radius 2 is 1.80 bits per heavy atom. The number of halogens is 1. The molecular formula is C22H24FN3O3S. The Labute approximate surface area is 177 Å². The van der Waals surface area contributed by atoms with Gasteiger partial charge in [-0.2, -0.15) is 0 Å². The van der Waals surface area contributed by atoms with Crippen molar-refractivity contribution in [1.82, 2.24) is 14.0 Å². The van der Waals surface area contributed by atoms with E-state index < -0.39 is 17.1 Å². The van der Waals surface area contributed by atoms with E-state index in [-0.39, 0.29) is 24.6 Å². The maximum Gasteiger partial charge on any atom is 0.332 e. The predicted octanol–water partition coefficient (Wildman–Crippen LogP) is 2.92. The van der Waals surface area contributed by atoms with Gasteiger partial charge in [0.1, 0.15) is 17.1 Å². The number of benzene rings is 1. The first-order chi connectivity index (χ1) is 14.3. The Morgan fingerprint density at radius 3 is 2.50 bits per heavy atom. The van der Waals surface area contributed by atoms with Crippen LogP contribution in [-0.4, -0.2) is 33.0 Å². The Kier molecular flexibility index (Phi) is 5.60. The minimum absolute atomic E-state index is 0.136. The molecule has 1 fully saturated rings. The number of nitrogens with zero attached hydrogens (tertiary/aromatic N) is 3. The third kappa shape index (κ3) is 3.84. The van der Waals surface area contributed by atoms with Gasteiger partial charge in [0.15, 0.2) is 0 Å². The first-order valence-electron chi connectivity index (χ1n) is 10.1. The van der Waals surface area contributed by atoms with Crippen molar-refractivity contribution in [3.8, 4) is 0 Å². The fourth-order valence-electron chi connectivity index (χ4n) is 4.32.